The number of nitrogens with one attached hydrogen (secondary N) is 1. The van der Waals surface area contributed by atoms with Gasteiger partial charge in [-0.3, -0.25) is 20.2 Å². The van der Waals surface area contributed by atoms with E-state index in [-0.39, 0.29) is 17.4 Å². The van der Waals surface area contributed by atoms with E-state index in [1.54, 1.807) is 48.5 Å². The van der Waals surface area contributed by atoms with E-state index in [1.165, 1.54) is 35.6 Å². The molecule has 0 radical (unpaired) electrons. The minimum Gasteiger partial charge on any atom is -0.298 e. The lowest BCUT2D eigenvalue weighted by Gasteiger charge is -2.03. The maximum Gasteiger partial charge on any atom is 0.269 e. The third-order valence-electron chi connectivity index (χ3n) is 4.41. The molecule has 6 nitrogen and oxygen atoms in total. The number of hydrogen-bond acceptors (Lipinski definition) is 5. The first kappa shape index (κ1) is 20.8. The van der Waals surface area contributed by atoms with Gasteiger partial charge in [0, 0.05) is 27.7 Å². The Morgan fingerprint density at radius 3 is 2.19 bits per heavy atom. The zero-order valence-electron chi connectivity index (χ0n) is 15.7. The Balaban J connectivity index is 1.72. The van der Waals surface area contributed by atoms with Crippen molar-refractivity contribution < 1.29 is 14.1 Å². The van der Waals surface area contributed by atoms with E-state index in [0.717, 1.165) is 4.47 Å². The van der Waals surface area contributed by atoms with Gasteiger partial charge in [-0.25, -0.2) is 9.37 Å². The Morgan fingerprint density at radius 2 is 1.58 bits per heavy atom. The molecule has 0 atom stereocenters. The molecule has 0 bridgehead atoms. The molecule has 0 aliphatic heterocycles. The van der Waals surface area contributed by atoms with Crippen LogP contribution in [-0.2, 0) is 0 Å². The van der Waals surface area contributed by atoms with Crippen molar-refractivity contribution in [1.82, 2.24) is 4.98 Å². The van der Waals surface area contributed by atoms with Crippen molar-refractivity contribution in [2.75, 3.05) is 5.32 Å². The monoisotopic (exact) mass is 497 g/mol. The van der Waals surface area contributed by atoms with Crippen LogP contribution in [0.25, 0.3) is 21.7 Å². The van der Waals surface area contributed by atoms with Crippen molar-refractivity contribution in [2.24, 2.45) is 0 Å². The molecule has 0 aliphatic carbocycles. The number of rotatable bonds is 5. The van der Waals surface area contributed by atoms with Crippen molar-refractivity contribution >= 4 is 44.0 Å². The molecule has 1 heterocycles. The summed E-state index contributed by atoms with van der Waals surface area (Å²) in [6, 6.07) is 18.8. The molecule has 0 saturated heterocycles. The first-order chi connectivity index (χ1) is 14.9. The molecule has 1 N–H and O–H groups in total. The number of non-ortho nitro benzene ring substituents is 1. The molecule has 4 rings (SSSR count). The highest BCUT2D eigenvalue weighted by atomic mass is 79.9. The van der Waals surface area contributed by atoms with Gasteiger partial charge in [0.15, 0.2) is 5.13 Å². The van der Waals surface area contributed by atoms with E-state index in [0.29, 0.717) is 32.4 Å². The minimum atomic E-state index is -0.471. The van der Waals surface area contributed by atoms with Gasteiger partial charge >= 0.3 is 0 Å². The lowest BCUT2D eigenvalue weighted by Crippen LogP contribution is -2.11. The van der Waals surface area contributed by atoms with Gasteiger partial charge in [0.2, 0.25) is 0 Å². The highest BCUT2D eigenvalue weighted by Crippen LogP contribution is 2.39. The van der Waals surface area contributed by atoms with Gasteiger partial charge in [-0.2, -0.15) is 0 Å². The van der Waals surface area contributed by atoms with Crippen molar-refractivity contribution in [2.45, 2.75) is 0 Å². The smallest absolute Gasteiger partial charge is 0.269 e. The number of carbonyl (C=O) groups excluding carboxylic acids is 1. The van der Waals surface area contributed by atoms with E-state index in [9.17, 15) is 19.3 Å². The molecule has 0 saturated carbocycles. The quantitative estimate of drug-likeness (QED) is 0.250. The van der Waals surface area contributed by atoms with Crippen molar-refractivity contribution in [1.29, 1.82) is 0 Å². The fourth-order valence-corrected chi connectivity index (χ4v) is 4.13. The SMILES string of the molecule is O=C(Nc1nc(-c2ccc(F)cc2)c(-c2ccc([N+](=O)[O-])cc2)s1)c1ccc(Br)cc1. The highest BCUT2D eigenvalue weighted by molar-refractivity contribution is 9.10. The molecular formula is C22H13BrFN3O3S. The summed E-state index contributed by atoms with van der Waals surface area (Å²) < 4.78 is 14.3. The third-order valence-corrected chi connectivity index (χ3v) is 5.96. The van der Waals surface area contributed by atoms with Crippen LogP contribution in [0.5, 0.6) is 0 Å². The Bertz CT molecular complexity index is 1260. The molecule has 0 aliphatic rings. The first-order valence-electron chi connectivity index (χ1n) is 8.99. The number of carbonyl (C=O) groups is 1. The van der Waals surface area contributed by atoms with Crippen LogP contribution in [-0.4, -0.2) is 15.8 Å². The predicted molar refractivity (Wildman–Crippen MR) is 122 cm³/mol. The largest absolute Gasteiger partial charge is 0.298 e. The fourth-order valence-electron chi connectivity index (χ4n) is 2.88. The maximum atomic E-state index is 13.4. The van der Waals surface area contributed by atoms with Crippen LogP contribution in [0.15, 0.2) is 77.3 Å². The number of thiazole rings is 1. The summed E-state index contributed by atoms with van der Waals surface area (Å²) in [5.41, 5.74) is 2.35. The number of anilines is 1. The summed E-state index contributed by atoms with van der Waals surface area (Å²) in [5.74, 6) is -0.693. The number of nitrogens with zero attached hydrogens (tertiary/aromatic N) is 2. The van der Waals surface area contributed by atoms with E-state index in [1.807, 2.05) is 0 Å². The number of hydrogen-bond donors (Lipinski definition) is 1. The number of halogens is 2. The van der Waals surface area contributed by atoms with E-state index in [2.05, 4.69) is 26.2 Å². The Kier molecular flexibility index (Phi) is 5.88. The predicted octanol–water partition coefficient (Wildman–Crippen LogP) is 6.54. The van der Waals surface area contributed by atoms with Crippen molar-refractivity contribution in [3.05, 3.63) is 98.8 Å². The molecule has 9 heteroatoms. The molecule has 0 unspecified atom stereocenters. The topological polar surface area (TPSA) is 85.1 Å². The van der Waals surface area contributed by atoms with Crippen LogP contribution in [0.1, 0.15) is 10.4 Å². The zero-order valence-corrected chi connectivity index (χ0v) is 18.1. The average Bonchev–Trinajstić information content (AvgIpc) is 3.18. The summed E-state index contributed by atoms with van der Waals surface area (Å²) in [5, 5.41) is 14.1. The number of nitro groups is 1. The van der Waals surface area contributed by atoms with Crippen LogP contribution in [0.4, 0.5) is 15.2 Å². The average molecular weight is 498 g/mol. The van der Waals surface area contributed by atoms with E-state index < -0.39 is 4.92 Å². The second kappa shape index (κ2) is 8.75. The molecule has 3 aromatic carbocycles. The summed E-state index contributed by atoms with van der Waals surface area (Å²) >= 11 is 4.57. The second-order valence-corrected chi connectivity index (χ2v) is 8.38. The molecule has 1 amide bonds. The summed E-state index contributed by atoms with van der Waals surface area (Å²) in [6.45, 7) is 0. The zero-order chi connectivity index (χ0) is 22.0. The van der Waals surface area contributed by atoms with Crippen molar-refractivity contribution in [3.63, 3.8) is 0 Å². The lowest BCUT2D eigenvalue weighted by atomic mass is 10.1. The van der Waals surface area contributed by atoms with Gasteiger partial charge in [0.1, 0.15) is 5.82 Å². The van der Waals surface area contributed by atoms with Crippen molar-refractivity contribution in [3.8, 4) is 21.7 Å². The number of amides is 1. The van der Waals surface area contributed by atoms with E-state index >= 15 is 0 Å². The maximum absolute atomic E-state index is 13.4. The number of benzene rings is 3. The van der Waals surface area contributed by atoms with Gasteiger partial charge in [-0.1, -0.05) is 27.3 Å². The summed E-state index contributed by atoms with van der Waals surface area (Å²) in [7, 11) is 0. The van der Waals surface area contributed by atoms with Crippen LogP contribution < -0.4 is 5.32 Å². The van der Waals surface area contributed by atoms with Crippen LogP contribution in [0.2, 0.25) is 0 Å². The van der Waals surface area contributed by atoms with Gasteiger partial charge in [-0.15, -0.1) is 0 Å². The van der Waals surface area contributed by atoms with Gasteiger partial charge in [-0.05, 0) is 66.2 Å². The van der Waals surface area contributed by atoms with Gasteiger partial charge in [0.05, 0.1) is 15.5 Å². The molecule has 1 aromatic heterocycles. The fraction of sp³-hybridized carbons (Fsp3) is 0. The second-order valence-electron chi connectivity index (χ2n) is 6.47. The molecule has 0 spiro atoms. The van der Waals surface area contributed by atoms with Gasteiger partial charge < -0.3 is 0 Å². The number of nitro benzene ring substituents is 1. The lowest BCUT2D eigenvalue weighted by molar-refractivity contribution is -0.384. The normalized spacial score (nSPS) is 10.6. The van der Waals surface area contributed by atoms with E-state index in [4.69, 9.17) is 0 Å². The Labute approximate surface area is 188 Å². The molecule has 31 heavy (non-hydrogen) atoms. The molecule has 154 valence electrons. The van der Waals surface area contributed by atoms with Gasteiger partial charge in [0.25, 0.3) is 11.6 Å². The number of aromatic nitrogens is 1. The van der Waals surface area contributed by atoms with Crippen LogP contribution in [0, 0.1) is 15.9 Å². The molecule has 0 fully saturated rings. The summed E-state index contributed by atoms with van der Waals surface area (Å²) in [6.07, 6.45) is 0. The Morgan fingerprint density at radius 1 is 0.968 bits per heavy atom. The Hall–Kier alpha value is -3.43. The first-order valence-corrected chi connectivity index (χ1v) is 10.6. The molecule has 4 aromatic rings. The van der Waals surface area contributed by atoms with Crippen LogP contribution >= 0.6 is 27.3 Å². The van der Waals surface area contributed by atoms with Crippen LogP contribution in [0.3, 0.4) is 0 Å². The third kappa shape index (κ3) is 4.68. The highest BCUT2D eigenvalue weighted by Gasteiger charge is 2.18. The minimum absolute atomic E-state index is 0.0274. The standard InChI is InChI=1S/C22H13BrFN3O3S/c23-16-7-1-15(2-8-16)21(28)26-22-25-19(13-3-9-17(24)10-4-13)20(31-22)14-5-11-18(12-6-14)27(29)30/h1-12H,(H,25,26,28). The summed E-state index contributed by atoms with van der Waals surface area (Å²) in [4.78, 5) is 28.3. The molecular weight excluding hydrogens is 485 g/mol.